The van der Waals surface area contributed by atoms with Crippen LogP contribution in [-0.2, 0) is 13.5 Å². The van der Waals surface area contributed by atoms with Gasteiger partial charge in [-0.2, -0.15) is 13.9 Å². The van der Waals surface area contributed by atoms with Crippen molar-refractivity contribution in [3.05, 3.63) is 28.7 Å². The number of carbonyl (C=O) groups is 1. The number of nitrogens with one attached hydrogen (secondary N) is 1. The van der Waals surface area contributed by atoms with Crippen LogP contribution < -0.4 is 10.1 Å². The van der Waals surface area contributed by atoms with Gasteiger partial charge in [-0.25, -0.2) is 0 Å². The van der Waals surface area contributed by atoms with Crippen molar-refractivity contribution < 1.29 is 18.3 Å². The predicted molar refractivity (Wildman–Crippen MR) is 125 cm³/mol. The van der Waals surface area contributed by atoms with Crippen LogP contribution in [0.1, 0.15) is 69.6 Å². The molecule has 1 amide bonds. The molecule has 0 spiro atoms. The molecule has 0 saturated heterocycles. The third kappa shape index (κ3) is 6.65. The van der Waals surface area contributed by atoms with Gasteiger partial charge in [0.25, 0.3) is 5.91 Å². The van der Waals surface area contributed by atoms with Gasteiger partial charge in [-0.1, -0.05) is 52.1 Å². The number of halogens is 3. The molecule has 2 heterocycles. The maximum absolute atomic E-state index is 13.2. The van der Waals surface area contributed by atoms with E-state index in [1.807, 2.05) is 20.8 Å². The maximum atomic E-state index is 13.2. The molecule has 2 aromatic heterocycles. The van der Waals surface area contributed by atoms with E-state index in [1.54, 1.807) is 7.05 Å². The smallest absolute Gasteiger partial charge is 0.387 e. The molecule has 0 atom stereocenters. The van der Waals surface area contributed by atoms with Crippen molar-refractivity contribution in [2.45, 2.75) is 66.4 Å². The van der Waals surface area contributed by atoms with Crippen molar-refractivity contribution >= 4 is 17.5 Å². The SMILES string of the molecule is CC1CCC(CNC(=O)c2nn(C)c(-c3cnc(CC(C)(C)C)cc3OC(F)F)c2Cl)CC1. The van der Waals surface area contributed by atoms with E-state index in [9.17, 15) is 13.6 Å². The lowest BCUT2D eigenvalue weighted by Gasteiger charge is -2.26. The Hall–Kier alpha value is -2.22. The zero-order valence-electron chi connectivity index (χ0n) is 19.9. The number of hydrogen-bond donors (Lipinski definition) is 1. The molecule has 6 nitrogen and oxygen atoms in total. The van der Waals surface area contributed by atoms with Crippen molar-refractivity contribution in [3.63, 3.8) is 0 Å². The second-order valence-corrected chi connectivity index (χ2v) is 10.6. The van der Waals surface area contributed by atoms with Gasteiger partial charge < -0.3 is 10.1 Å². The molecule has 0 unspecified atom stereocenters. The number of hydrogen-bond acceptors (Lipinski definition) is 4. The molecular formula is C24H33ClF2N4O2. The summed E-state index contributed by atoms with van der Waals surface area (Å²) in [4.78, 5) is 17.2. The highest BCUT2D eigenvalue weighted by Crippen LogP contribution is 2.38. The number of nitrogens with zero attached hydrogens (tertiary/aromatic N) is 3. The summed E-state index contributed by atoms with van der Waals surface area (Å²) in [5, 5.41) is 7.28. The van der Waals surface area contributed by atoms with Gasteiger partial charge in [0.15, 0.2) is 5.69 Å². The van der Waals surface area contributed by atoms with Gasteiger partial charge in [0, 0.05) is 31.5 Å². The third-order valence-corrected chi connectivity index (χ3v) is 6.35. The Morgan fingerprint density at radius 2 is 1.97 bits per heavy atom. The second kappa shape index (κ2) is 10.4. The molecule has 0 aromatic carbocycles. The summed E-state index contributed by atoms with van der Waals surface area (Å²) >= 11 is 6.54. The fraction of sp³-hybridized carbons (Fsp3) is 0.625. The summed E-state index contributed by atoms with van der Waals surface area (Å²) < 4.78 is 32.5. The molecule has 182 valence electrons. The summed E-state index contributed by atoms with van der Waals surface area (Å²) in [6.45, 7) is 5.91. The zero-order chi connectivity index (χ0) is 24.3. The number of alkyl halides is 2. The van der Waals surface area contributed by atoms with Gasteiger partial charge in [0.1, 0.15) is 5.75 Å². The highest BCUT2D eigenvalue weighted by atomic mass is 35.5. The Balaban J connectivity index is 1.85. The van der Waals surface area contributed by atoms with Crippen LogP contribution >= 0.6 is 11.6 Å². The van der Waals surface area contributed by atoms with Crippen molar-refractivity contribution in [1.29, 1.82) is 0 Å². The monoisotopic (exact) mass is 482 g/mol. The first-order chi connectivity index (χ1) is 15.4. The number of rotatable bonds is 7. The lowest BCUT2D eigenvalue weighted by molar-refractivity contribution is -0.0495. The summed E-state index contributed by atoms with van der Waals surface area (Å²) in [6.07, 6.45) is 6.54. The van der Waals surface area contributed by atoms with Crippen LogP contribution in [0.4, 0.5) is 8.78 Å². The first-order valence-electron chi connectivity index (χ1n) is 11.4. The number of aromatic nitrogens is 3. The van der Waals surface area contributed by atoms with E-state index in [0.717, 1.165) is 18.8 Å². The number of ether oxygens (including phenoxy) is 1. The Kier molecular flexibility index (Phi) is 7.98. The van der Waals surface area contributed by atoms with Gasteiger partial charge in [0.05, 0.1) is 16.3 Å². The fourth-order valence-electron chi connectivity index (χ4n) is 4.28. The average molecular weight is 483 g/mol. The molecular weight excluding hydrogens is 450 g/mol. The Morgan fingerprint density at radius 3 is 2.58 bits per heavy atom. The van der Waals surface area contributed by atoms with Gasteiger partial charge >= 0.3 is 6.61 Å². The molecule has 1 aliphatic rings. The summed E-state index contributed by atoms with van der Waals surface area (Å²) in [7, 11) is 1.61. The van der Waals surface area contributed by atoms with E-state index >= 15 is 0 Å². The van der Waals surface area contributed by atoms with Crippen LogP contribution in [0.2, 0.25) is 5.02 Å². The predicted octanol–water partition coefficient (Wildman–Crippen LogP) is 5.88. The number of pyridine rings is 1. The maximum Gasteiger partial charge on any atom is 0.387 e. The summed E-state index contributed by atoms with van der Waals surface area (Å²) in [6, 6.07) is 1.50. The fourth-order valence-corrected chi connectivity index (χ4v) is 4.63. The quantitative estimate of drug-likeness (QED) is 0.535. The number of amides is 1. The van der Waals surface area contributed by atoms with Gasteiger partial charge in [-0.15, -0.1) is 0 Å². The van der Waals surface area contributed by atoms with E-state index in [-0.39, 0.29) is 33.4 Å². The Labute approximate surface area is 199 Å². The molecule has 1 saturated carbocycles. The summed E-state index contributed by atoms with van der Waals surface area (Å²) in [5.41, 5.74) is 1.16. The standard InChI is InChI=1S/C24H33ClF2N4O2/c1-14-6-8-15(9-7-14)12-29-22(32)20-19(25)21(31(5)30-20)17-13-28-16(11-24(2,3)4)10-18(17)33-23(26)27/h10,13-15,23H,6-9,11-12H2,1-5H3,(H,29,32). The van der Waals surface area contributed by atoms with E-state index in [2.05, 4.69) is 22.3 Å². The number of aryl methyl sites for hydroxylation is 1. The van der Waals surface area contributed by atoms with Gasteiger partial charge in [0.2, 0.25) is 0 Å². The lowest BCUT2D eigenvalue weighted by atomic mass is 9.83. The molecule has 2 aromatic rings. The molecule has 1 aliphatic carbocycles. The molecule has 9 heteroatoms. The minimum atomic E-state index is -3.01. The van der Waals surface area contributed by atoms with Crippen LogP contribution in [0.25, 0.3) is 11.3 Å². The summed E-state index contributed by atoms with van der Waals surface area (Å²) in [5.74, 6) is 0.747. The molecule has 1 N–H and O–H groups in total. The molecule has 1 fully saturated rings. The average Bonchev–Trinajstić information content (AvgIpc) is 3.00. The molecule has 33 heavy (non-hydrogen) atoms. The van der Waals surface area contributed by atoms with E-state index in [4.69, 9.17) is 16.3 Å². The van der Waals surface area contributed by atoms with Crippen molar-refractivity contribution in [2.24, 2.45) is 24.3 Å². The van der Waals surface area contributed by atoms with Crippen molar-refractivity contribution in [1.82, 2.24) is 20.1 Å². The molecule has 0 radical (unpaired) electrons. The number of carbonyl (C=O) groups excluding carboxylic acids is 1. The lowest BCUT2D eigenvalue weighted by Crippen LogP contribution is -2.31. The van der Waals surface area contributed by atoms with Crippen molar-refractivity contribution in [3.8, 4) is 17.0 Å². The molecule has 0 aliphatic heterocycles. The molecule has 0 bridgehead atoms. The Morgan fingerprint density at radius 1 is 1.30 bits per heavy atom. The third-order valence-electron chi connectivity index (χ3n) is 6.00. The van der Waals surface area contributed by atoms with E-state index < -0.39 is 6.61 Å². The zero-order valence-corrected chi connectivity index (χ0v) is 20.7. The minimum Gasteiger partial charge on any atom is -0.434 e. The minimum absolute atomic E-state index is 0.0487. The first kappa shape index (κ1) is 25.4. The molecule has 3 rings (SSSR count). The van der Waals surface area contributed by atoms with E-state index in [1.165, 1.54) is 29.8 Å². The van der Waals surface area contributed by atoms with Gasteiger partial charge in [-0.3, -0.25) is 14.5 Å². The first-order valence-corrected chi connectivity index (χ1v) is 11.8. The van der Waals surface area contributed by atoms with Crippen LogP contribution in [0.5, 0.6) is 5.75 Å². The van der Waals surface area contributed by atoms with Gasteiger partial charge in [-0.05, 0) is 36.5 Å². The second-order valence-electron chi connectivity index (χ2n) is 10.3. The van der Waals surface area contributed by atoms with Crippen LogP contribution in [-0.4, -0.2) is 33.8 Å². The van der Waals surface area contributed by atoms with E-state index in [0.29, 0.717) is 30.3 Å². The van der Waals surface area contributed by atoms with Crippen LogP contribution in [0, 0.1) is 17.3 Å². The van der Waals surface area contributed by atoms with Crippen molar-refractivity contribution in [2.75, 3.05) is 6.54 Å². The van der Waals surface area contributed by atoms with Crippen LogP contribution in [0.15, 0.2) is 12.3 Å². The van der Waals surface area contributed by atoms with Crippen LogP contribution in [0.3, 0.4) is 0 Å². The largest absolute Gasteiger partial charge is 0.434 e. The highest BCUT2D eigenvalue weighted by molar-refractivity contribution is 6.36. The topological polar surface area (TPSA) is 69.0 Å². The Bertz CT molecular complexity index is 980. The normalized spacial score (nSPS) is 19.1. The highest BCUT2D eigenvalue weighted by Gasteiger charge is 2.26.